The third-order valence-electron chi connectivity index (χ3n) is 5.63. The molecule has 3 N–H and O–H groups in total. The van der Waals surface area contributed by atoms with Gasteiger partial charge < -0.3 is 10.1 Å². The summed E-state index contributed by atoms with van der Waals surface area (Å²) in [4.78, 5) is 11.7. The van der Waals surface area contributed by atoms with Crippen molar-refractivity contribution in [1.29, 1.82) is 0 Å². The predicted octanol–water partition coefficient (Wildman–Crippen LogP) is 3.16. The van der Waals surface area contributed by atoms with E-state index < -0.39 is 32.2 Å². The average molecular weight is 706 g/mol. The molecule has 0 amide bonds. The van der Waals surface area contributed by atoms with Gasteiger partial charge in [0.1, 0.15) is 12.6 Å². The summed E-state index contributed by atoms with van der Waals surface area (Å²) in [6.45, 7) is 0.860. The number of hydrogen-bond donors (Lipinski definition) is 3. The molecule has 218 valence electrons. The summed E-state index contributed by atoms with van der Waals surface area (Å²) < 4.78 is 67.5. The van der Waals surface area contributed by atoms with Crippen molar-refractivity contribution in [2.24, 2.45) is 0 Å². The number of aromatic nitrogens is 1. The van der Waals surface area contributed by atoms with Crippen LogP contribution >= 0.6 is 22.6 Å². The molecule has 0 saturated heterocycles. The van der Waals surface area contributed by atoms with E-state index in [0.29, 0.717) is 25.9 Å². The van der Waals surface area contributed by atoms with E-state index in [0.717, 1.165) is 20.3 Å². The highest BCUT2D eigenvalue weighted by atomic mass is 127. The van der Waals surface area contributed by atoms with Crippen LogP contribution in [0.5, 0.6) is 0 Å². The lowest BCUT2D eigenvalue weighted by molar-refractivity contribution is -0.696. The molecule has 1 heterocycles. The third-order valence-corrected chi connectivity index (χ3v) is 7.95. The summed E-state index contributed by atoms with van der Waals surface area (Å²) in [6.07, 6.45) is 4.89. The SMILES string of the molecule is COC(=O)[C@H](Cc1ccc(I)cc1)NCCCS(=O)(=O)O.O=S(=O)(O)CCC[n+]1ccc(-c2ccccc2)cc1. The normalized spacial score (nSPS) is 12.2. The molecule has 1 aromatic heterocycles. The second-order valence-corrected chi connectivity index (χ2v) is 13.2. The quantitative estimate of drug-likeness (QED) is 0.0802. The molecule has 0 saturated carbocycles. The molecular weight excluding hydrogens is 671 g/mol. The molecule has 0 aliphatic carbocycles. The zero-order valence-corrected chi connectivity index (χ0v) is 25.8. The Balaban J connectivity index is 0.000000281. The van der Waals surface area contributed by atoms with Crippen molar-refractivity contribution in [3.63, 3.8) is 0 Å². The number of nitrogens with zero attached hydrogens (tertiary/aromatic N) is 1. The van der Waals surface area contributed by atoms with Gasteiger partial charge in [0.15, 0.2) is 12.4 Å². The summed E-state index contributed by atoms with van der Waals surface area (Å²) in [5.41, 5.74) is 3.24. The van der Waals surface area contributed by atoms with Crippen LogP contribution in [0.25, 0.3) is 11.1 Å². The Morgan fingerprint density at radius 3 is 1.98 bits per heavy atom. The third kappa shape index (κ3) is 14.3. The Labute approximate surface area is 249 Å². The van der Waals surface area contributed by atoms with Crippen LogP contribution in [0.1, 0.15) is 18.4 Å². The zero-order valence-electron chi connectivity index (χ0n) is 22.0. The Morgan fingerprint density at radius 1 is 0.875 bits per heavy atom. The van der Waals surface area contributed by atoms with Gasteiger partial charge in [0.05, 0.1) is 18.6 Å². The number of rotatable bonds is 13. The van der Waals surface area contributed by atoms with E-state index in [4.69, 9.17) is 13.8 Å². The number of carbonyl (C=O) groups is 1. The standard InChI is InChI=1S/C14H15NO3S.C13H18INO5S/c16-19(17,18)12-4-9-15-10-7-14(8-11-15)13-5-2-1-3-6-13;1-20-13(16)12(15-7-2-8-21(17,18)19)9-10-3-5-11(14)6-4-10/h1-3,5-8,10-11H,4,9,12H2;3-6,12,15H,2,7-9H2,1H3,(H,17,18,19)/p+1/t;12-/m.0/s1. The van der Waals surface area contributed by atoms with E-state index >= 15 is 0 Å². The van der Waals surface area contributed by atoms with Crippen molar-refractivity contribution in [2.75, 3.05) is 25.2 Å². The van der Waals surface area contributed by atoms with Crippen LogP contribution in [0.4, 0.5) is 0 Å². The Hall–Kier alpha value is -2.43. The first-order valence-electron chi connectivity index (χ1n) is 12.4. The van der Waals surface area contributed by atoms with Crippen LogP contribution < -0.4 is 9.88 Å². The number of pyridine rings is 1. The first-order valence-corrected chi connectivity index (χ1v) is 16.7. The van der Waals surface area contributed by atoms with Gasteiger partial charge in [-0.15, -0.1) is 0 Å². The van der Waals surface area contributed by atoms with E-state index in [1.165, 1.54) is 7.11 Å². The van der Waals surface area contributed by atoms with Crippen LogP contribution in [-0.2, 0) is 42.7 Å². The summed E-state index contributed by atoms with van der Waals surface area (Å²) >= 11 is 2.20. The molecule has 0 aliphatic heterocycles. The molecule has 0 spiro atoms. The van der Waals surface area contributed by atoms with Gasteiger partial charge >= 0.3 is 5.97 Å². The van der Waals surface area contributed by atoms with E-state index in [1.54, 1.807) is 0 Å². The van der Waals surface area contributed by atoms with Gasteiger partial charge in [0.2, 0.25) is 0 Å². The molecule has 40 heavy (non-hydrogen) atoms. The van der Waals surface area contributed by atoms with Crippen molar-refractivity contribution in [1.82, 2.24) is 5.32 Å². The number of hydrogen-bond acceptors (Lipinski definition) is 7. The predicted molar refractivity (Wildman–Crippen MR) is 161 cm³/mol. The molecule has 10 nitrogen and oxygen atoms in total. The lowest BCUT2D eigenvalue weighted by Crippen LogP contribution is -2.40. The summed E-state index contributed by atoms with van der Waals surface area (Å²) in [6, 6.07) is 21.2. The van der Waals surface area contributed by atoms with Crippen LogP contribution in [0.3, 0.4) is 0 Å². The summed E-state index contributed by atoms with van der Waals surface area (Å²) in [5, 5.41) is 2.95. The molecular formula is C27H34IN2O8S2+. The van der Waals surface area contributed by atoms with Gasteiger partial charge in [-0.3, -0.25) is 13.9 Å². The van der Waals surface area contributed by atoms with Gasteiger partial charge in [0.25, 0.3) is 20.2 Å². The van der Waals surface area contributed by atoms with Gasteiger partial charge in [-0.25, -0.2) is 4.57 Å². The number of aryl methyl sites for hydroxylation is 1. The smallest absolute Gasteiger partial charge is 0.323 e. The minimum atomic E-state index is -3.97. The van der Waals surface area contributed by atoms with E-state index in [9.17, 15) is 21.6 Å². The van der Waals surface area contributed by atoms with Crippen LogP contribution in [0.2, 0.25) is 0 Å². The fourth-order valence-corrected chi connectivity index (χ4v) is 4.99. The van der Waals surface area contributed by atoms with Gasteiger partial charge in [-0.1, -0.05) is 42.5 Å². The number of esters is 1. The maximum absolute atomic E-state index is 11.7. The van der Waals surface area contributed by atoms with Crippen molar-refractivity contribution in [3.8, 4) is 11.1 Å². The number of halogens is 1. The Morgan fingerprint density at radius 2 is 1.43 bits per heavy atom. The minimum Gasteiger partial charge on any atom is -0.468 e. The fourth-order valence-electron chi connectivity index (χ4n) is 3.63. The first kappa shape index (κ1) is 33.8. The number of benzene rings is 2. The summed E-state index contributed by atoms with van der Waals surface area (Å²) in [5.74, 6) is -0.946. The topological polar surface area (TPSA) is 151 Å². The lowest BCUT2D eigenvalue weighted by atomic mass is 10.1. The highest BCUT2D eigenvalue weighted by Gasteiger charge is 2.19. The highest BCUT2D eigenvalue weighted by Crippen LogP contribution is 2.16. The molecule has 0 bridgehead atoms. The molecule has 13 heteroatoms. The van der Waals surface area contributed by atoms with Crippen molar-refractivity contribution in [2.45, 2.75) is 31.8 Å². The van der Waals surface area contributed by atoms with Gasteiger partial charge in [-0.05, 0) is 70.8 Å². The molecule has 3 rings (SSSR count). The number of nitrogens with one attached hydrogen (secondary N) is 1. The van der Waals surface area contributed by atoms with Gasteiger partial charge in [-0.2, -0.15) is 16.8 Å². The van der Waals surface area contributed by atoms with Crippen LogP contribution in [0, 0.1) is 3.57 Å². The molecule has 0 aliphatic rings. The number of methoxy groups -OCH3 is 1. The number of carbonyl (C=O) groups excluding carboxylic acids is 1. The maximum atomic E-state index is 11.7. The molecule has 0 fully saturated rings. The molecule has 2 aromatic carbocycles. The number of ether oxygens (including phenoxy) is 1. The van der Waals surface area contributed by atoms with Crippen LogP contribution in [0.15, 0.2) is 79.1 Å². The largest absolute Gasteiger partial charge is 0.468 e. The van der Waals surface area contributed by atoms with Crippen molar-refractivity contribution in [3.05, 3.63) is 88.3 Å². The Kier molecular flexibility index (Phi) is 14.1. The van der Waals surface area contributed by atoms with Gasteiger partial charge in [0, 0.05) is 22.1 Å². The summed E-state index contributed by atoms with van der Waals surface area (Å²) in [7, 11) is -6.52. The minimum absolute atomic E-state index is 0.208. The Bertz CT molecular complexity index is 1400. The second-order valence-electron chi connectivity index (χ2n) is 8.83. The molecule has 0 radical (unpaired) electrons. The van der Waals surface area contributed by atoms with E-state index in [-0.39, 0.29) is 17.9 Å². The van der Waals surface area contributed by atoms with Crippen molar-refractivity contribution >= 4 is 48.8 Å². The maximum Gasteiger partial charge on any atom is 0.323 e. The van der Waals surface area contributed by atoms with E-state index in [2.05, 4.69) is 27.9 Å². The lowest BCUT2D eigenvalue weighted by Gasteiger charge is -2.16. The fraction of sp³-hybridized carbons (Fsp3) is 0.333. The first-order chi connectivity index (χ1) is 18.9. The van der Waals surface area contributed by atoms with E-state index in [1.807, 2.05) is 83.7 Å². The average Bonchev–Trinajstić information content (AvgIpc) is 2.91. The molecule has 3 aromatic rings. The van der Waals surface area contributed by atoms with Crippen LogP contribution in [-0.4, -0.2) is 63.1 Å². The monoisotopic (exact) mass is 705 g/mol. The zero-order chi connectivity index (χ0) is 29.6. The highest BCUT2D eigenvalue weighted by molar-refractivity contribution is 14.1. The second kappa shape index (κ2) is 16.7. The molecule has 1 atom stereocenters. The molecule has 0 unspecified atom stereocenters. The van der Waals surface area contributed by atoms with Crippen molar-refractivity contribution < 1.29 is 40.0 Å².